The highest BCUT2D eigenvalue weighted by Crippen LogP contribution is 2.23. The molecule has 1 unspecified atom stereocenters. The Balaban J connectivity index is 1.53. The lowest BCUT2D eigenvalue weighted by Gasteiger charge is -2.14. The summed E-state index contributed by atoms with van der Waals surface area (Å²) in [6, 6.07) is 23.8. The molecule has 33 heavy (non-hydrogen) atoms. The molecule has 0 heterocycles. The summed E-state index contributed by atoms with van der Waals surface area (Å²) < 4.78 is 11.5. The van der Waals surface area contributed by atoms with Gasteiger partial charge in [0.15, 0.2) is 0 Å². The van der Waals surface area contributed by atoms with Gasteiger partial charge in [-0.25, -0.2) is 4.79 Å². The maximum absolute atomic E-state index is 12.6. The summed E-state index contributed by atoms with van der Waals surface area (Å²) in [6.45, 7) is 7.22. The van der Waals surface area contributed by atoms with Crippen LogP contribution in [0, 0.1) is 0 Å². The third-order valence-electron chi connectivity index (χ3n) is 5.87. The lowest BCUT2D eigenvalue weighted by atomic mass is 10.0. The van der Waals surface area contributed by atoms with E-state index in [4.69, 9.17) is 9.47 Å². The molecule has 0 spiro atoms. The maximum atomic E-state index is 12.6. The number of carbonyl (C=O) groups is 1. The van der Waals surface area contributed by atoms with E-state index in [0.717, 1.165) is 42.6 Å². The van der Waals surface area contributed by atoms with E-state index in [-0.39, 0.29) is 12.1 Å². The number of unbranched alkanes of at least 4 members (excludes halogenated alkanes) is 3. The molecular formula is C30H36O3. The number of carbonyl (C=O) groups excluding carboxylic acids is 1. The minimum absolute atomic E-state index is 0.0277. The summed E-state index contributed by atoms with van der Waals surface area (Å²) in [4.78, 5) is 12.6. The molecule has 0 amide bonds. The summed E-state index contributed by atoms with van der Waals surface area (Å²) >= 11 is 0. The molecule has 0 fully saturated rings. The van der Waals surface area contributed by atoms with E-state index in [0.29, 0.717) is 11.3 Å². The van der Waals surface area contributed by atoms with Crippen molar-refractivity contribution in [2.24, 2.45) is 0 Å². The van der Waals surface area contributed by atoms with Gasteiger partial charge < -0.3 is 9.47 Å². The topological polar surface area (TPSA) is 35.5 Å². The van der Waals surface area contributed by atoms with Gasteiger partial charge >= 0.3 is 5.97 Å². The van der Waals surface area contributed by atoms with Gasteiger partial charge in [-0.3, -0.25) is 0 Å². The highest BCUT2D eigenvalue weighted by molar-refractivity contribution is 5.91. The fourth-order valence-electron chi connectivity index (χ4n) is 3.81. The van der Waals surface area contributed by atoms with E-state index in [1.165, 1.54) is 24.8 Å². The number of aryl methyl sites for hydroxylation is 1. The zero-order valence-corrected chi connectivity index (χ0v) is 20.2. The third kappa shape index (κ3) is 7.57. The van der Waals surface area contributed by atoms with Gasteiger partial charge in [-0.1, -0.05) is 88.1 Å². The van der Waals surface area contributed by atoms with E-state index >= 15 is 0 Å². The van der Waals surface area contributed by atoms with Crippen LogP contribution in [0.15, 0.2) is 72.8 Å². The molecule has 0 saturated heterocycles. The first-order valence-corrected chi connectivity index (χ1v) is 12.2. The molecule has 3 heteroatoms. The Morgan fingerprint density at radius 3 is 2.00 bits per heavy atom. The molecule has 0 N–H and O–H groups in total. The van der Waals surface area contributed by atoms with Crippen molar-refractivity contribution < 1.29 is 14.3 Å². The van der Waals surface area contributed by atoms with E-state index in [2.05, 4.69) is 45.0 Å². The molecule has 3 rings (SSSR count). The Hall–Kier alpha value is -2.91. The van der Waals surface area contributed by atoms with Crippen molar-refractivity contribution in [3.8, 4) is 16.9 Å². The maximum Gasteiger partial charge on any atom is 0.343 e. The average Bonchev–Trinajstić information content (AvgIpc) is 2.85. The van der Waals surface area contributed by atoms with Crippen molar-refractivity contribution in [1.29, 1.82) is 0 Å². The molecule has 0 aliphatic carbocycles. The first kappa shape index (κ1) is 24.7. The summed E-state index contributed by atoms with van der Waals surface area (Å²) in [5.74, 6) is 0.183. The van der Waals surface area contributed by atoms with Crippen LogP contribution in [-0.4, -0.2) is 12.6 Å². The number of esters is 1. The van der Waals surface area contributed by atoms with Gasteiger partial charge in [0.2, 0.25) is 0 Å². The zero-order chi connectivity index (χ0) is 23.5. The molecule has 3 aromatic rings. The standard InChI is InChI=1S/C30H36O3/c1-4-6-7-8-22-32-23(3)25-18-20-29(21-19-25)33-30(31)28-16-14-27(15-17-28)26-12-10-24(9-5-2)11-13-26/h10-21,23H,4-9,22H2,1-3H3. The Kier molecular flexibility index (Phi) is 9.71. The van der Waals surface area contributed by atoms with Gasteiger partial charge in [0.25, 0.3) is 0 Å². The van der Waals surface area contributed by atoms with Gasteiger partial charge in [0.1, 0.15) is 5.75 Å². The van der Waals surface area contributed by atoms with Crippen molar-refractivity contribution in [1.82, 2.24) is 0 Å². The van der Waals surface area contributed by atoms with Crippen LogP contribution in [0.1, 0.15) is 80.5 Å². The van der Waals surface area contributed by atoms with Gasteiger partial charge in [-0.05, 0) is 66.3 Å². The van der Waals surface area contributed by atoms with Crippen LogP contribution in [-0.2, 0) is 11.2 Å². The fraction of sp³-hybridized carbons (Fsp3) is 0.367. The monoisotopic (exact) mass is 444 g/mol. The first-order valence-electron chi connectivity index (χ1n) is 12.2. The number of rotatable bonds is 12. The van der Waals surface area contributed by atoms with Crippen LogP contribution in [0.3, 0.4) is 0 Å². The minimum Gasteiger partial charge on any atom is -0.423 e. The quantitative estimate of drug-likeness (QED) is 0.160. The van der Waals surface area contributed by atoms with Crippen LogP contribution in [0.4, 0.5) is 0 Å². The molecule has 0 bridgehead atoms. The van der Waals surface area contributed by atoms with Crippen molar-refractivity contribution in [2.75, 3.05) is 6.61 Å². The first-order chi connectivity index (χ1) is 16.1. The fourth-order valence-corrected chi connectivity index (χ4v) is 3.81. The Labute approximate surface area is 198 Å². The molecule has 0 aromatic heterocycles. The predicted octanol–water partition coefficient (Wildman–Crippen LogP) is 8.18. The second kappa shape index (κ2) is 13.0. The van der Waals surface area contributed by atoms with E-state index in [1.54, 1.807) is 0 Å². The normalized spacial score (nSPS) is 11.8. The summed E-state index contributed by atoms with van der Waals surface area (Å²) in [6.07, 6.45) is 7.06. The average molecular weight is 445 g/mol. The van der Waals surface area contributed by atoms with E-state index in [9.17, 15) is 4.79 Å². The largest absolute Gasteiger partial charge is 0.423 e. The Morgan fingerprint density at radius 1 is 0.758 bits per heavy atom. The van der Waals surface area contributed by atoms with Gasteiger partial charge in [-0.2, -0.15) is 0 Å². The predicted molar refractivity (Wildman–Crippen MR) is 136 cm³/mol. The summed E-state index contributed by atoms with van der Waals surface area (Å²) in [5.41, 5.74) is 5.20. The molecule has 3 aromatic carbocycles. The van der Waals surface area contributed by atoms with Crippen LogP contribution in [0.2, 0.25) is 0 Å². The zero-order valence-electron chi connectivity index (χ0n) is 20.2. The molecule has 0 radical (unpaired) electrons. The lowest BCUT2D eigenvalue weighted by molar-refractivity contribution is 0.0627. The van der Waals surface area contributed by atoms with Crippen LogP contribution in [0.5, 0.6) is 5.75 Å². The smallest absolute Gasteiger partial charge is 0.343 e. The Bertz CT molecular complexity index is 973. The minimum atomic E-state index is -0.354. The second-order valence-electron chi connectivity index (χ2n) is 8.56. The molecule has 0 aliphatic heterocycles. The molecular weight excluding hydrogens is 408 g/mol. The number of ether oxygens (including phenoxy) is 2. The van der Waals surface area contributed by atoms with Gasteiger partial charge in [0.05, 0.1) is 11.7 Å². The van der Waals surface area contributed by atoms with Crippen molar-refractivity contribution in [3.63, 3.8) is 0 Å². The number of benzene rings is 3. The van der Waals surface area contributed by atoms with Crippen LogP contribution >= 0.6 is 0 Å². The summed E-state index contributed by atoms with van der Waals surface area (Å²) in [5, 5.41) is 0. The van der Waals surface area contributed by atoms with E-state index < -0.39 is 0 Å². The molecule has 0 aliphatic rings. The highest BCUT2D eigenvalue weighted by Gasteiger charge is 2.11. The van der Waals surface area contributed by atoms with Gasteiger partial charge in [0, 0.05) is 6.61 Å². The SMILES string of the molecule is CCCCCCOC(C)c1ccc(OC(=O)c2ccc(-c3ccc(CCC)cc3)cc2)cc1. The molecule has 1 atom stereocenters. The number of hydrogen-bond donors (Lipinski definition) is 0. The van der Waals surface area contributed by atoms with Gasteiger partial charge in [-0.15, -0.1) is 0 Å². The third-order valence-corrected chi connectivity index (χ3v) is 5.87. The second-order valence-corrected chi connectivity index (χ2v) is 8.56. The van der Waals surface area contributed by atoms with Crippen LogP contribution in [0.25, 0.3) is 11.1 Å². The van der Waals surface area contributed by atoms with Crippen molar-refractivity contribution in [2.45, 2.75) is 65.4 Å². The van der Waals surface area contributed by atoms with Crippen molar-refractivity contribution >= 4 is 5.97 Å². The van der Waals surface area contributed by atoms with Crippen LogP contribution < -0.4 is 4.74 Å². The number of hydrogen-bond acceptors (Lipinski definition) is 3. The van der Waals surface area contributed by atoms with E-state index in [1.807, 2.05) is 48.5 Å². The highest BCUT2D eigenvalue weighted by atomic mass is 16.5. The Morgan fingerprint density at radius 2 is 1.39 bits per heavy atom. The summed E-state index contributed by atoms with van der Waals surface area (Å²) in [7, 11) is 0. The lowest BCUT2D eigenvalue weighted by Crippen LogP contribution is -2.08. The molecule has 3 nitrogen and oxygen atoms in total. The van der Waals surface area contributed by atoms with Crippen molar-refractivity contribution in [3.05, 3.63) is 89.5 Å². The molecule has 0 saturated carbocycles. The molecule has 174 valence electrons.